The Labute approximate surface area is 607 Å². The number of hydrogen-bond acceptors (Lipinski definition) is 19. The van der Waals surface area contributed by atoms with Gasteiger partial charge in [-0.1, -0.05) is 170 Å². The van der Waals surface area contributed by atoms with Gasteiger partial charge in [0.25, 0.3) is 0 Å². The highest BCUT2D eigenvalue weighted by Gasteiger charge is 2.39. The van der Waals surface area contributed by atoms with Gasteiger partial charge in [-0.25, -0.2) is 0 Å². The molecule has 13 atom stereocenters. The lowest BCUT2D eigenvalue weighted by Crippen LogP contribution is -2.38. The Morgan fingerprint density at radius 2 is 0.950 bits per heavy atom. The highest BCUT2D eigenvalue weighted by atomic mass is 16.6. The van der Waals surface area contributed by atoms with Gasteiger partial charge in [0.1, 0.15) is 19.3 Å². The molecule has 0 spiro atoms. The van der Waals surface area contributed by atoms with E-state index in [1.54, 1.807) is 0 Å². The van der Waals surface area contributed by atoms with Gasteiger partial charge in [0, 0.05) is 0 Å². The van der Waals surface area contributed by atoms with Gasteiger partial charge in [-0.05, 0) is 193 Å². The van der Waals surface area contributed by atoms with E-state index in [4.69, 9.17) is 33.9 Å². The summed E-state index contributed by atoms with van der Waals surface area (Å²) in [4.78, 5) is 70.4. The third-order valence-corrected chi connectivity index (χ3v) is 22.7. The average Bonchev–Trinajstić information content (AvgIpc) is 0.844. The Hall–Kier alpha value is -4.24. The second-order valence-corrected chi connectivity index (χ2v) is 32.4. The first kappa shape index (κ1) is 89.2. The maximum absolute atomic E-state index is 12.2. The van der Waals surface area contributed by atoms with Gasteiger partial charge >= 0.3 is 35.8 Å². The topological polar surface area (TPSA) is 299 Å². The number of aliphatic hydroxyl groups is 7. The molecule has 8 aliphatic carbocycles. The fourth-order valence-electron chi connectivity index (χ4n) is 16.1. The minimum atomic E-state index is -0.556. The fourth-order valence-corrected chi connectivity index (χ4v) is 16.1. The Bertz CT molecular complexity index is 2450. The van der Waals surface area contributed by atoms with Gasteiger partial charge in [0.2, 0.25) is 0 Å². The standard InChI is InChI=1S/C17H30O3.C17H24O3.C16H28O3.C15H28O3.C9H16O4.C8H14O3/c2*1-12(2)14-9-7-13(8-10-14)11-20-17(19)15-5-3-4-6-16(15)18;1-11-8-12(10-16(2,3)9-11)19-15(18)13-6-4-5-7-14(13)17;1-3-5-8-12(4-2)11-18-15(17)13-9-6-7-10-14(13)16;10-5-6-13-9(12)7-3-1-2-4-8(7)11;1-11-8(10)6-2-4-7(9)5-3-6/h12-16,18H,3-11H2,1-2H3;7-10,12,15-16,18H,3-6,11H2,1-2H3;11-14,17H,4-10H2,1-3H3;12-14,16H,3-11H2,1-2H3;7-8,10-11H,1-6H2;6-7,9H,2-5H2,1H3. The third-order valence-electron chi connectivity index (χ3n) is 22.7. The van der Waals surface area contributed by atoms with E-state index in [-0.39, 0.29) is 102 Å². The molecule has 8 fully saturated rings. The van der Waals surface area contributed by atoms with E-state index in [2.05, 4.69) is 79.2 Å². The van der Waals surface area contributed by atoms with Crippen LogP contribution in [-0.4, -0.2) is 148 Å². The molecule has 13 unspecified atom stereocenters. The number of ether oxygens (including phenoxy) is 6. The van der Waals surface area contributed by atoms with Crippen molar-refractivity contribution in [1.29, 1.82) is 0 Å². The largest absolute Gasteiger partial charge is 0.469 e. The summed E-state index contributed by atoms with van der Waals surface area (Å²) in [6.45, 7) is 21.2. The summed E-state index contributed by atoms with van der Waals surface area (Å²) in [6.07, 6.45) is 30.5. The zero-order valence-corrected chi connectivity index (χ0v) is 64.1. The molecule has 19 heteroatoms. The quantitative estimate of drug-likeness (QED) is 0.0444. The van der Waals surface area contributed by atoms with Gasteiger partial charge in [-0.2, -0.15) is 0 Å². The highest BCUT2D eigenvalue weighted by molar-refractivity contribution is 5.75. The lowest BCUT2D eigenvalue weighted by molar-refractivity contribution is -0.164. The predicted octanol–water partition coefficient (Wildman–Crippen LogP) is 14.3. The van der Waals surface area contributed by atoms with E-state index in [1.165, 1.54) is 57.6 Å². The molecule has 1 aromatic rings. The molecule has 582 valence electrons. The minimum Gasteiger partial charge on any atom is -0.469 e. The molecule has 0 heterocycles. The molecule has 0 aliphatic heterocycles. The van der Waals surface area contributed by atoms with Gasteiger partial charge in [-0.15, -0.1) is 0 Å². The number of rotatable bonds is 21. The number of carbonyl (C=O) groups excluding carboxylic acids is 6. The molecule has 8 aliphatic rings. The first-order chi connectivity index (χ1) is 48.2. The lowest BCUT2D eigenvalue weighted by atomic mass is 9.71. The van der Waals surface area contributed by atoms with E-state index in [1.807, 2.05) is 12.1 Å². The molecule has 7 N–H and O–H groups in total. The number of benzene rings is 1. The maximum Gasteiger partial charge on any atom is 0.311 e. The molecule has 8 saturated carbocycles. The van der Waals surface area contributed by atoms with Crippen molar-refractivity contribution in [2.45, 2.75) is 342 Å². The van der Waals surface area contributed by atoms with Crippen molar-refractivity contribution in [2.24, 2.45) is 70.5 Å². The number of esters is 6. The van der Waals surface area contributed by atoms with Crippen LogP contribution in [0.25, 0.3) is 0 Å². The normalized spacial score (nSPS) is 30.4. The molecule has 19 nitrogen and oxygen atoms in total. The van der Waals surface area contributed by atoms with Gasteiger partial charge in [-0.3, -0.25) is 28.8 Å². The number of methoxy groups -OCH3 is 1. The summed E-state index contributed by atoms with van der Waals surface area (Å²) >= 11 is 0. The zero-order chi connectivity index (χ0) is 74.4. The molecule has 0 bridgehead atoms. The highest BCUT2D eigenvalue weighted by Crippen LogP contribution is 2.41. The van der Waals surface area contributed by atoms with Crippen LogP contribution in [0.1, 0.15) is 304 Å². The molecular formula is C82H140O19. The van der Waals surface area contributed by atoms with Crippen molar-refractivity contribution in [1.82, 2.24) is 0 Å². The second kappa shape index (κ2) is 48.8. The van der Waals surface area contributed by atoms with Gasteiger partial charge in [0.15, 0.2) is 0 Å². The van der Waals surface area contributed by atoms with Crippen LogP contribution in [0, 0.1) is 70.5 Å². The Morgan fingerprint density at radius 3 is 1.36 bits per heavy atom. The summed E-state index contributed by atoms with van der Waals surface area (Å²) < 4.78 is 31.3. The summed E-state index contributed by atoms with van der Waals surface area (Å²) in [5.41, 5.74) is 2.53. The molecule has 0 saturated heterocycles. The van der Waals surface area contributed by atoms with E-state index in [9.17, 15) is 54.3 Å². The Kier molecular flexibility index (Phi) is 43.1. The van der Waals surface area contributed by atoms with Crippen LogP contribution in [0.4, 0.5) is 0 Å². The van der Waals surface area contributed by atoms with Crippen LogP contribution < -0.4 is 0 Å². The first-order valence-electron chi connectivity index (χ1n) is 39.9. The molecule has 0 radical (unpaired) electrons. The molecular weight excluding hydrogens is 1290 g/mol. The van der Waals surface area contributed by atoms with Crippen LogP contribution in [-0.2, 0) is 63.8 Å². The predicted molar refractivity (Wildman–Crippen MR) is 390 cm³/mol. The number of unbranched alkanes of at least 4 members (excludes halogenated alkanes) is 1. The van der Waals surface area contributed by atoms with E-state index in [0.29, 0.717) is 62.8 Å². The second-order valence-electron chi connectivity index (χ2n) is 32.4. The van der Waals surface area contributed by atoms with E-state index >= 15 is 0 Å². The van der Waals surface area contributed by atoms with Crippen molar-refractivity contribution in [3.8, 4) is 0 Å². The summed E-state index contributed by atoms with van der Waals surface area (Å²) in [5, 5.41) is 66.5. The zero-order valence-electron chi connectivity index (χ0n) is 64.1. The van der Waals surface area contributed by atoms with Crippen molar-refractivity contribution >= 4 is 35.8 Å². The summed E-state index contributed by atoms with van der Waals surface area (Å²) in [5.74, 6) is 0.976. The minimum absolute atomic E-state index is 0.0298. The van der Waals surface area contributed by atoms with Crippen LogP contribution in [0.5, 0.6) is 0 Å². The first-order valence-corrected chi connectivity index (χ1v) is 39.9. The molecule has 0 aromatic heterocycles. The number of hydrogen-bond donors (Lipinski definition) is 7. The van der Waals surface area contributed by atoms with Crippen molar-refractivity contribution in [3.05, 3.63) is 35.4 Å². The van der Waals surface area contributed by atoms with Crippen molar-refractivity contribution in [2.75, 3.05) is 33.5 Å². The molecule has 0 amide bonds. The Balaban J connectivity index is 0.000000260. The molecule has 1 aromatic carbocycles. The number of aliphatic hydroxyl groups excluding tert-OH is 7. The Morgan fingerprint density at radius 1 is 0.515 bits per heavy atom. The monoisotopic (exact) mass is 1430 g/mol. The smallest absolute Gasteiger partial charge is 0.311 e. The van der Waals surface area contributed by atoms with Gasteiger partial charge in [0.05, 0.1) is 99.1 Å². The molecule has 101 heavy (non-hydrogen) atoms. The summed E-state index contributed by atoms with van der Waals surface area (Å²) in [7, 11) is 1.41. The SMILES string of the molecule is CC(C)C1CCC(COC(=O)C2CCCCC2O)CC1.CC(C)c1ccc(COC(=O)C2CCCCC2O)cc1.CC1CC(OC(=O)C2CCCCC2O)CC(C)(C)C1.CCCCC(CC)COC(=O)C1CCCCC1O.COC(=O)C1CCC(O)CC1.O=C(OCCO)C1CCCCC1O. The van der Waals surface area contributed by atoms with Crippen LogP contribution in [0.3, 0.4) is 0 Å². The lowest BCUT2D eigenvalue weighted by Gasteiger charge is -2.39. The van der Waals surface area contributed by atoms with Crippen LogP contribution >= 0.6 is 0 Å². The van der Waals surface area contributed by atoms with E-state index in [0.717, 1.165) is 178 Å². The summed E-state index contributed by atoms with van der Waals surface area (Å²) in [6, 6.07) is 8.15. The molecule has 9 rings (SSSR count). The number of carbonyl (C=O) groups is 6. The fraction of sp³-hybridized carbons (Fsp3) is 0.854. The van der Waals surface area contributed by atoms with Crippen LogP contribution in [0.2, 0.25) is 0 Å². The van der Waals surface area contributed by atoms with Crippen molar-refractivity contribution < 1.29 is 92.9 Å². The van der Waals surface area contributed by atoms with Crippen LogP contribution in [0.15, 0.2) is 24.3 Å². The average molecular weight is 1430 g/mol. The van der Waals surface area contributed by atoms with Gasteiger partial charge < -0.3 is 64.2 Å². The third kappa shape index (κ3) is 33.8. The van der Waals surface area contributed by atoms with Crippen molar-refractivity contribution in [3.63, 3.8) is 0 Å². The maximum atomic E-state index is 12.2. The van der Waals surface area contributed by atoms with E-state index < -0.39 is 30.5 Å².